The minimum absolute atomic E-state index is 0.00536. The van der Waals surface area contributed by atoms with Crippen LogP contribution in [0, 0.1) is 5.41 Å². The molecular weight excluding hydrogens is 318 g/mol. The van der Waals surface area contributed by atoms with E-state index in [2.05, 4.69) is 36.7 Å². The van der Waals surface area contributed by atoms with Gasteiger partial charge in [-0.05, 0) is 30.0 Å². The van der Waals surface area contributed by atoms with E-state index in [-0.39, 0.29) is 10.3 Å². The standard InChI is InChI=1S/C12H18BrNO3S/c1-12(2,3)6-7-17-10-5-4-9(13)8-11(10)18(14,15)16/h4-5,8H,6-7H2,1-3H3,(H2,14,15,16). The van der Waals surface area contributed by atoms with Crippen molar-refractivity contribution >= 4 is 26.0 Å². The normalized spacial score (nSPS) is 12.5. The van der Waals surface area contributed by atoms with Crippen LogP contribution in [0.25, 0.3) is 0 Å². The number of sulfonamides is 1. The highest BCUT2D eigenvalue weighted by Gasteiger charge is 2.17. The maximum atomic E-state index is 11.4. The molecule has 1 aromatic rings. The van der Waals surface area contributed by atoms with Gasteiger partial charge in [0.25, 0.3) is 0 Å². The molecule has 2 N–H and O–H groups in total. The van der Waals surface area contributed by atoms with Gasteiger partial charge in [-0.15, -0.1) is 0 Å². The zero-order valence-electron chi connectivity index (χ0n) is 10.7. The quantitative estimate of drug-likeness (QED) is 0.919. The Labute approximate surface area is 117 Å². The molecule has 0 saturated heterocycles. The fourth-order valence-corrected chi connectivity index (χ4v) is 2.50. The van der Waals surface area contributed by atoms with Crippen LogP contribution in [0.1, 0.15) is 27.2 Å². The van der Waals surface area contributed by atoms with E-state index < -0.39 is 10.0 Å². The largest absolute Gasteiger partial charge is 0.492 e. The van der Waals surface area contributed by atoms with Gasteiger partial charge in [-0.3, -0.25) is 0 Å². The highest BCUT2D eigenvalue weighted by Crippen LogP contribution is 2.27. The van der Waals surface area contributed by atoms with Crippen molar-refractivity contribution in [3.05, 3.63) is 22.7 Å². The Morgan fingerprint density at radius 3 is 2.44 bits per heavy atom. The second-order valence-electron chi connectivity index (χ2n) is 5.30. The summed E-state index contributed by atoms with van der Waals surface area (Å²) < 4.78 is 29.0. The molecule has 0 heterocycles. The predicted molar refractivity (Wildman–Crippen MR) is 75.1 cm³/mol. The third-order valence-electron chi connectivity index (χ3n) is 2.32. The summed E-state index contributed by atoms with van der Waals surface area (Å²) in [6.45, 7) is 6.74. The molecule has 0 amide bonds. The summed E-state index contributed by atoms with van der Waals surface area (Å²) in [6.07, 6.45) is 0.827. The van der Waals surface area contributed by atoms with Gasteiger partial charge in [0.15, 0.2) is 0 Å². The molecule has 0 spiro atoms. The fourth-order valence-electron chi connectivity index (χ4n) is 1.29. The molecule has 0 atom stereocenters. The van der Waals surface area contributed by atoms with Gasteiger partial charge in [-0.2, -0.15) is 0 Å². The first kappa shape index (κ1) is 15.5. The Balaban J connectivity index is 2.90. The number of hydrogen-bond acceptors (Lipinski definition) is 3. The maximum Gasteiger partial charge on any atom is 0.241 e. The van der Waals surface area contributed by atoms with Gasteiger partial charge >= 0.3 is 0 Å². The third kappa shape index (κ3) is 4.96. The van der Waals surface area contributed by atoms with Crippen LogP contribution in [0.5, 0.6) is 5.75 Å². The summed E-state index contributed by atoms with van der Waals surface area (Å²) in [5, 5.41) is 5.16. The molecule has 0 aromatic heterocycles. The van der Waals surface area contributed by atoms with E-state index in [1.165, 1.54) is 6.07 Å². The lowest BCUT2D eigenvalue weighted by atomic mass is 9.93. The predicted octanol–water partition coefficient (Wildman–Crippen LogP) is 2.91. The second kappa shape index (κ2) is 5.59. The number of primary sulfonamides is 1. The van der Waals surface area contributed by atoms with Crippen molar-refractivity contribution in [2.75, 3.05) is 6.61 Å². The topological polar surface area (TPSA) is 69.4 Å². The molecule has 6 heteroatoms. The number of rotatable bonds is 4. The van der Waals surface area contributed by atoms with Crippen LogP contribution in [-0.2, 0) is 10.0 Å². The lowest BCUT2D eigenvalue weighted by Gasteiger charge is -2.18. The lowest BCUT2D eigenvalue weighted by Crippen LogP contribution is -2.16. The Hall–Kier alpha value is -0.590. The van der Waals surface area contributed by atoms with Gasteiger partial charge in [-0.25, -0.2) is 13.6 Å². The zero-order chi connectivity index (χ0) is 14.0. The summed E-state index contributed by atoms with van der Waals surface area (Å²) in [4.78, 5) is 0.00536. The van der Waals surface area contributed by atoms with Gasteiger partial charge in [-0.1, -0.05) is 36.7 Å². The molecule has 0 aliphatic heterocycles. The van der Waals surface area contributed by atoms with Crippen molar-refractivity contribution in [1.82, 2.24) is 0 Å². The van der Waals surface area contributed by atoms with Crippen molar-refractivity contribution in [1.29, 1.82) is 0 Å². The van der Waals surface area contributed by atoms with Crippen LogP contribution in [0.3, 0.4) is 0 Å². The number of ether oxygens (including phenoxy) is 1. The average molecular weight is 336 g/mol. The first-order valence-corrected chi connectivity index (χ1v) is 7.89. The fraction of sp³-hybridized carbons (Fsp3) is 0.500. The third-order valence-corrected chi connectivity index (χ3v) is 3.75. The number of hydrogen-bond donors (Lipinski definition) is 1. The maximum absolute atomic E-state index is 11.4. The Morgan fingerprint density at radius 1 is 1.33 bits per heavy atom. The van der Waals surface area contributed by atoms with Crippen LogP contribution in [-0.4, -0.2) is 15.0 Å². The first-order valence-electron chi connectivity index (χ1n) is 5.55. The van der Waals surface area contributed by atoms with Gasteiger partial charge in [0, 0.05) is 4.47 Å². The molecule has 0 fully saturated rings. The van der Waals surface area contributed by atoms with Gasteiger partial charge in [0.05, 0.1) is 6.61 Å². The molecule has 0 aliphatic carbocycles. The van der Waals surface area contributed by atoms with Crippen LogP contribution >= 0.6 is 15.9 Å². The minimum Gasteiger partial charge on any atom is -0.492 e. The van der Waals surface area contributed by atoms with E-state index in [0.717, 1.165) is 6.42 Å². The molecule has 102 valence electrons. The number of halogens is 1. The second-order valence-corrected chi connectivity index (χ2v) is 7.74. The minimum atomic E-state index is -3.78. The van der Waals surface area contributed by atoms with Crippen molar-refractivity contribution in [2.24, 2.45) is 10.6 Å². The van der Waals surface area contributed by atoms with E-state index >= 15 is 0 Å². The van der Waals surface area contributed by atoms with Crippen LogP contribution in [0.2, 0.25) is 0 Å². The number of nitrogens with two attached hydrogens (primary N) is 1. The SMILES string of the molecule is CC(C)(C)CCOc1ccc(Br)cc1S(N)(=O)=O. The smallest absolute Gasteiger partial charge is 0.241 e. The van der Waals surface area contributed by atoms with E-state index in [1.54, 1.807) is 12.1 Å². The van der Waals surface area contributed by atoms with Crippen molar-refractivity contribution in [3.8, 4) is 5.75 Å². The highest BCUT2D eigenvalue weighted by molar-refractivity contribution is 9.10. The number of benzene rings is 1. The lowest BCUT2D eigenvalue weighted by molar-refractivity contribution is 0.238. The average Bonchev–Trinajstić information content (AvgIpc) is 2.17. The molecule has 1 rings (SSSR count). The van der Waals surface area contributed by atoms with Gasteiger partial charge < -0.3 is 4.74 Å². The Morgan fingerprint density at radius 2 is 1.94 bits per heavy atom. The molecule has 0 bridgehead atoms. The first-order chi connectivity index (χ1) is 8.09. The molecule has 0 unspecified atom stereocenters. The molecule has 0 saturated carbocycles. The summed E-state index contributed by atoms with van der Waals surface area (Å²) in [5.41, 5.74) is 0.136. The summed E-state index contributed by atoms with van der Waals surface area (Å²) in [7, 11) is -3.78. The van der Waals surface area contributed by atoms with Crippen LogP contribution in [0.15, 0.2) is 27.6 Å². The molecule has 4 nitrogen and oxygen atoms in total. The summed E-state index contributed by atoms with van der Waals surface area (Å²) in [5.74, 6) is 0.296. The summed E-state index contributed by atoms with van der Waals surface area (Å²) in [6, 6.07) is 4.77. The van der Waals surface area contributed by atoms with E-state index in [0.29, 0.717) is 16.8 Å². The van der Waals surface area contributed by atoms with E-state index in [4.69, 9.17) is 9.88 Å². The molecule has 18 heavy (non-hydrogen) atoms. The van der Waals surface area contributed by atoms with Gasteiger partial charge in [0.2, 0.25) is 10.0 Å². The van der Waals surface area contributed by atoms with Crippen molar-refractivity contribution < 1.29 is 13.2 Å². The molecule has 0 aliphatic rings. The van der Waals surface area contributed by atoms with Crippen LogP contribution < -0.4 is 9.88 Å². The zero-order valence-corrected chi connectivity index (χ0v) is 13.1. The summed E-state index contributed by atoms with van der Waals surface area (Å²) >= 11 is 3.21. The van der Waals surface area contributed by atoms with Crippen molar-refractivity contribution in [2.45, 2.75) is 32.1 Å². The van der Waals surface area contributed by atoms with Gasteiger partial charge in [0.1, 0.15) is 10.6 Å². The molecule has 0 radical (unpaired) electrons. The van der Waals surface area contributed by atoms with E-state index in [1.807, 2.05) is 0 Å². The monoisotopic (exact) mass is 335 g/mol. The Kier molecular flexibility index (Phi) is 4.80. The van der Waals surface area contributed by atoms with Crippen molar-refractivity contribution in [3.63, 3.8) is 0 Å². The highest BCUT2D eigenvalue weighted by atomic mass is 79.9. The van der Waals surface area contributed by atoms with Crippen LogP contribution in [0.4, 0.5) is 0 Å². The van der Waals surface area contributed by atoms with E-state index in [9.17, 15) is 8.42 Å². The molecular formula is C12H18BrNO3S. The Bertz CT molecular complexity index is 521. The molecule has 1 aromatic carbocycles.